The van der Waals surface area contributed by atoms with Crippen LogP contribution in [0.15, 0.2) is 65.0 Å². The number of ether oxygens (including phenoxy) is 1. The van der Waals surface area contributed by atoms with Crippen LogP contribution < -0.4 is 4.74 Å². The largest absolute Gasteiger partial charge is 0.479 e. The highest BCUT2D eigenvalue weighted by Crippen LogP contribution is 2.31. The Kier molecular flexibility index (Phi) is 7.35. The molecule has 0 aromatic heterocycles. The Hall–Kier alpha value is -2.67. The van der Waals surface area contributed by atoms with Gasteiger partial charge in [0.2, 0.25) is 0 Å². The minimum absolute atomic E-state index is 0.330. The van der Waals surface area contributed by atoms with E-state index in [1.54, 1.807) is 0 Å². The first-order chi connectivity index (χ1) is 12.5. The fourth-order valence-corrected chi connectivity index (χ4v) is 3.28. The van der Waals surface area contributed by atoms with Gasteiger partial charge in [-0.3, -0.25) is 0 Å². The quantitative estimate of drug-likeness (QED) is 0.859. The van der Waals surface area contributed by atoms with E-state index in [0.717, 1.165) is 30.8 Å². The van der Waals surface area contributed by atoms with Gasteiger partial charge in [0.15, 0.2) is 5.54 Å². The molecule has 2 aromatic carbocycles. The lowest BCUT2D eigenvalue weighted by molar-refractivity contribution is -0.144. The van der Waals surface area contributed by atoms with E-state index in [1.807, 2.05) is 60.7 Å². The van der Waals surface area contributed by atoms with Gasteiger partial charge >= 0.3 is 16.5 Å². The van der Waals surface area contributed by atoms with Crippen LogP contribution in [0.1, 0.15) is 32.1 Å². The van der Waals surface area contributed by atoms with E-state index < -0.39 is 22.0 Å². The third-order valence-corrected chi connectivity index (χ3v) is 4.55. The molecule has 1 N–H and O–H groups in total. The van der Waals surface area contributed by atoms with Gasteiger partial charge in [-0.1, -0.05) is 55.7 Å². The third kappa shape index (κ3) is 6.00. The summed E-state index contributed by atoms with van der Waals surface area (Å²) in [5.41, 5.74) is -1.37. The summed E-state index contributed by atoms with van der Waals surface area (Å²) in [6, 6.07) is 19.5. The van der Waals surface area contributed by atoms with E-state index in [2.05, 4.69) is 4.36 Å². The number of carboxylic acids is 1. The van der Waals surface area contributed by atoms with Crippen LogP contribution in [-0.4, -0.2) is 25.0 Å². The van der Waals surface area contributed by atoms with Crippen molar-refractivity contribution in [3.8, 4) is 11.5 Å². The Morgan fingerprint density at radius 1 is 0.885 bits per heavy atom. The van der Waals surface area contributed by atoms with Crippen LogP contribution in [0.5, 0.6) is 11.5 Å². The zero-order valence-corrected chi connectivity index (χ0v) is 15.1. The molecule has 138 valence electrons. The van der Waals surface area contributed by atoms with Crippen LogP contribution >= 0.6 is 0 Å². The highest BCUT2D eigenvalue weighted by Gasteiger charge is 2.40. The van der Waals surface area contributed by atoms with Gasteiger partial charge in [0.05, 0.1) is 0 Å². The average Bonchev–Trinajstić information content (AvgIpc) is 2.64. The lowest BCUT2D eigenvalue weighted by atomic mass is 9.83. The summed E-state index contributed by atoms with van der Waals surface area (Å²) < 4.78 is 29.6. The second-order valence-corrected chi connectivity index (χ2v) is 6.55. The Morgan fingerprint density at radius 2 is 1.35 bits per heavy atom. The summed E-state index contributed by atoms with van der Waals surface area (Å²) in [6.07, 6.45) is 3.07. The molecule has 2 aromatic rings. The molecule has 0 amide bonds. The fourth-order valence-electron chi connectivity index (χ4n) is 2.74. The van der Waals surface area contributed by atoms with Crippen molar-refractivity contribution >= 4 is 16.5 Å². The zero-order chi connectivity index (χ0) is 18.8. The minimum atomic E-state index is -2.63. The lowest BCUT2D eigenvalue weighted by Gasteiger charge is -2.26. The summed E-state index contributed by atoms with van der Waals surface area (Å²) in [7, 11) is -2.63. The van der Waals surface area contributed by atoms with Crippen molar-refractivity contribution in [3.05, 3.63) is 60.7 Å². The number of carboxylic acid groups (broad SMARTS) is 1. The van der Waals surface area contributed by atoms with E-state index in [1.165, 1.54) is 0 Å². The summed E-state index contributed by atoms with van der Waals surface area (Å²) in [5.74, 6) is 0.610. The first kappa shape index (κ1) is 19.7. The van der Waals surface area contributed by atoms with Gasteiger partial charge in [-0.15, -0.1) is 0 Å². The molecule has 0 heterocycles. The second-order valence-electron chi connectivity index (χ2n) is 5.93. The molecule has 1 fully saturated rings. The maximum Gasteiger partial charge on any atom is 0.332 e. The Balaban J connectivity index is 0.000000187. The molecule has 0 radical (unpaired) electrons. The molecule has 0 bridgehead atoms. The molecular weight excluding hydrogens is 354 g/mol. The van der Waals surface area contributed by atoms with Crippen LogP contribution in [0.25, 0.3) is 0 Å². The zero-order valence-electron chi connectivity index (χ0n) is 14.2. The third-order valence-electron chi connectivity index (χ3n) is 4.05. The first-order valence-corrected chi connectivity index (χ1v) is 9.39. The highest BCUT2D eigenvalue weighted by molar-refractivity contribution is 7.61. The molecule has 3 rings (SSSR count). The second kappa shape index (κ2) is 9.72. The Bertz CT molecular complexity index is 783. The van der Waals surface area contributed by atoms with Crippen LogP contribution in [0, 0.1) is 0 Å². The molecule has 7 heteroatoms. The van der Waals surface area contributed by atoms with Gasteiger partial charge in [-0.2, -0.15) is 12.8 Å². The molecule has 1 aliphatic rings. The smallest absolute Gasteiger partial charge is 0.332 e. The standard InChI is InChI=1S/C12H10O.C7H11NO4S/c1-3-7-11(8-4-1)13-12-9-5-2-6-10-12;9-6(10)7(8-13(11)12)4-2-1-3-5-7/h1-10H;1-5H2,(H,9,10). The molecule has 0 spiro atoms. The minimum Gasteiger partial charge on any atom is -0.479 e. The summed E-state index contributed by atoms with van der Waals surface area (Å²) in [5, 5.41) is 8.87. The molecule has 1 saturated carbocycles. The number of hydrogen-bond acceptors (Lipinski definition) is 5. The van der Waals surface area contributed by atoms with Gasteiger partial charge in [-0.25, -0.2) is 4.79 Å². The van der Waals surface area contributed by atoms with Crippen LogP contribution in [-0.2, 0) is 15.3 Å². The molecule has 0 saturated heterocycles. The number of hydrogen-bond donors (Lipinski definition) is 1. The average molecular weight is 375 g/mol. The monoisotopic (exact) mass is 375 g/mol. The molecular formula is C19H21NO5S. The van der Waals surface area contributed by atoms with Crippen LogP contribution in [0.2, 0.25) is 0 Å². The number of rotatable bonds is 4. The molecule has 6 nitrogen and oxygen atoms in total. The molecule has 0 atom stereocenters. The normalized spacial score (nSPS) is 15.1. The van der Waals surface area contributed by atoms with Crippen molar-refractivity contribution in [2.45, 2.75) is 37.6 Å². The van der Waals surface area contributed by atoms with Gasteiger partial charge in [-0.05, 0) is 37.1 Å². The van der Waals surface area contributed by atoms with Gasteiger partial charge in [0.1, 0.15) is 11.5 Å². The molecule has 0 unspecified atom stereocenters. The summed E-state index contributed by atoms with van der Waals surface area (Å²) in [4.78, 5) is 10.8. The lowest BCUT2D eigenvalue weighted by Crippen LogP contribution is -2.38. The van der Waals surface area contributed by atoms with E-state index in [4.69, 9.17) is 9.84 Å². The van der Waals surface area contributed by atoms with E-state index in [9.17, 15) is 13.2 Å². The van der Waals surface area contributed by atoms with Gasteiger partial charge in [0, 0.05) is 0 Å². The maximum absolute atomic E-state index is 10.8. The number of aliphatic carboxylic acids is 1. The van der Waals surface area contributed by atoms with Crippen molar-refractivity contribution in [3.63, 3.8) is 0 Å². The first-order valence-electron chi connectivity index (χ1n) is 8.35. The Labute approximate surface area is 154 Å². The predicted molar refractivity (Wildman–Crippen MR) is 97.8 cm³/mol. The van der Waals surface area contributed by atoms with Crippen LogP contribution in [0.4, 0.5) is 0 Å². The van der Waals surface area contributed by atoms with Gasteiger partial charge in [0.25, 0.3) is 0 Å². The fraction of sp³-hybridized carbons (Fsp3) is 0.316. The van der Waals surface area contributed by atoms with Crippen molar-refractivity contribution in [1.82, 2.24) is 0 Å². The summed E-state index contributed by atoms with van der Waals surface area (Å²) >= 11 is 0. The van der Waals surface area contributed by atoms with E-state index >= 15 is 0 Å². The molecule has 1 aliphatic carbocycles. The molecule has 0 aliphatic heterocycles. The SMILES string of the molecule is O=C(O)C1(N=S(=O)=O)CCCCC1.c1ccc(Oc2ccccc2)cc1. The molecule has 26 heavy (non-hydrogen) atoms. The van der Waals surface area contributed by atoms with Gasteiger partial charge < -0.3 is 9.84 Å². The van der Waals surface area contributed by atoms with E-state index in [-0.39, 0.29) is 0 Å². The predicted octanol–water partition coefficient (Wildman–Crippen LogP) is 4.32. The van der Waals surface area contributed by atoms with Crippen molar-refractivity contribution < 1.29 is 23.1 Å². The number of carbonyl (C=O) groups is 1. The van der Waals surface area contributed by atoms with E-state index in [0.29, 0.717) is 12.8 Å². The number of nitrogens with zero attached hydrogens (tertiary/aromatic N) is 1. The summed E-state index contributed by atoms with van der Waals surface area (Å²) in [6.45, 7) is 0. The van der Waals surface area contributed by atoms with Crippen molar-refractivity contribution in [2.24, 2.45) is 4.36 Å². The van der Waals surface area contributed by atoms with Crippen molar-refractivity contribution in [2.75, 3.05) is 0 Å². The highest BCUT2D eigenvalue weighted by atomic mass is 32.2. The Morgan fingerprint density at radius 3 is 1.73 bits per heavy atom. The van der Waals surface area contributed by atoms with Crippen molar-refractivity contribution in [1.29, 1.82) is 0 Å². The number of para-hydroxylation sites is 2. The number of benzene rings is 2. The maximum atomic E-state index is 10.8. The topological polar surface area (TPSA) is 93.0 Å². The van der Waals surface area contributed by atoms with Crippen LogP contribution in [0.3, 0.4) is 0 Å².